The average molecular weight is 590 g/mol. The number of rotatable bonds is 6. The van der Waals surface area contributed by atoms with E-state index in [1.165, 1.54) is 44.2 Å². The smallest absolute Gasteiger partial charge is 0.160 e. The van der Waals surface area contributed by atoms with Crippen LogP contribution in [0.15, 0.2) is 170 Å². The summed E-state index contributed by atoms with van der Waals surface area (Å²) in [4.78, 5) is 10.3. The van der Waals surface area contributed by atoms with Crippen LogP contribution in [0.3, 0.4) is 0 Å². The van der Waals surface area contributed by atoms with Crippen LogP contribution < -0.4 is 5.32 Å². The molecule has 0 atom stereocenters. The molecule has 8 rings (SSSR count). The van der Waals surface area contributed by atoms with Crippen LogP contribution in [0.5, 0.6) is 0 Å². The van der Waals surface area contributed by atoms with Gasteiger partial charge in [-0.25, -0.2) is 9.97 Å². The Bertz CT molecular complexity index is 2220. The Morgan fingerprint density at radius 2 is 1.07 bits per heavy atom. The zero-order valence-corrected chi connectivity index (χ0v) is 25.3. The molecule has 0 fully saturated rings. The van der Waals surface area contributed by atoms with E-state index in [1.807, 2.05) is 18.3 Å². The van der Waals surface area contributed by atoms with Crippen molar-refractivity contribution in [2.45, 2.75) is 0 Å². The van der Waals surface area contributed by atoms with E-state index in [0.717, 1.165) is 34.6 Å². The third-order valence-electron chi connectivity index (χ3n) is 8.59. The van der Waals surface area contributed by atoms with E-state index < -0.39 is 0 Å². The Morgan fingerprint density at radius 3 is 1.87 bits per heavy atom. The van der Waals surface area contributed by atoms with Crippen molar-refractivity contribution in [2.24, 2.45) is 0 Å². The highest BCUT2D eigenvalue weighted by molar-refractivity contribution is 5.96. The minimum Gasteiger partial charge on any atom is -0.387 e. The van der Waals surface area contributed by atoms with Gasteiger partial charge in [0.15, 0.2) is 5.82 Å². The van der Waals surface area contributed by atoms with Crippen molar-refractivity contribution < 1.29 is 0 Å². The number of benzene rings is 6. The highest BCUT2D eigenvalue weighted by atomic mass is 14.9. The van der Waals surface area contributed by atoms with Gasteiger partial charge in [-0.2, -0.15) is 0 Å². The van der Waals surface area contributed by atoms with Gasteiger partial charge in [0.05, 0.1) is 11.4 Å². The van der Waals surface area contributed by atoms with E-state index in [4.69, 9.17) is 9.97 Å². The van der Waals surface area contributed by atoms with Crippen LogP contribution >= 0.6 is 0 Å². The lowest BCUT2D eigenvalue weighted by Gasteiger charge is -2.14. The third kappa shape index (κ3) is 5.51. The quantitative estimate of drug-likeness (QED) is 0.210. The second-order valence-electron chi connectivity index (χ2n) is 11.5. The first-order valence-electron chi connectivity index (χ1n) is 15.6. The van der Waals surface area contributed by atoms with Crippen molar-refractivity contribution >= 4 is 16.3 Å². The first-order valence-corrected chi connectivity index (χ1v) is 15.6. The molecule has 218 valence electrons. The molecule has 0 amide bonds. The molecule has 0 bridgehead atoms. The average Bonchev–Trinajstić information content (AvgIpc) is 3.15. The van der Waals surface area contributed by atoms with E-state index in [2.05, 4.69) is 157 Å². The van der Waals surface area contributed by atoms with Crippen molar-refractivity contribution in [3.05, 3.63) is 176 Å². The normalized spacial score (nSPS) is 12.5. The molecule has 1 aromatic heterocycles. The highest BCUT2D eigenvalue weighted by Gasteiger charge is 2.13. The number of hydrogen-bond acceptors (Lipinski definition) is 3. The molecule has 0 radical (unpaired) electrons. The SMILES string of the molecule is C1=CNCC(c2cccc(-c3cc(-c4ccc(-c5ccccc5)cc4)nc(-c4ccc(-c5cccc6ccccc56)cc4)n3)c2)=C1. The van der Waals surface area contributed by atoms with Crippen LogP contribution in [0.2, 0.25) is 0 Å². The molecule has 0 aliphatic carbocycles. The fraction of sp³-hybridized carbons (Fsp3) is 0.0233. The molecule has 0 unspecified atom stereocenters. The van der Waals surface area contributed by atoms with Gasteiger partial charge in [-0.1, -0.05) is 146 Å². The van der Waals surface area contributed by atoms with Crippen molar-refractivity contribution in [1.29, 1.82) is 0 Å². The zero-order valence-electron chi connectivity index (χ0n) is 25.3. The van der Waals surface area contributed by atoms with Crippen LogP contribution in [0, 0.1) is 0 Å². The van der Waals surface area contributed by atoms with Crippen molar-refractivity contribution in [3.8, 4) is 56.2 Å². The van der Waals surface area contributed by atoms with Crippen molar-refractivity contribution in [1.82, 2.24) is 15.3 Å². The van der Waals surface area contributed by atoms with Crippen LogP contribution in [0.1, 0.15) is 5.56 Å². The van der Waals surface area contributed by atoms with Crippen LogP contribution in [0.4, 0.5) is 0 Å². The fourth-order valence-corrected chi connectivity index (χ4v) is 6.15. The summed E-state index contributed by atoms with van der Waals surface area (Å²) >= 11 is 0. The molecular formula is C43H31N3. The topological polar surface area (TPSA) is 37.8 Å². The number of dihydropyridines is 1. The lowest BCUT2D eigenvalue weighted by atomic mass is 9.97. The van der Waals surface area contributed by atoms with Gasteiger partial charge in [-0.05, 0) is 68.6 Å². The number of hydrogen-bond donors (Lipinski definition) is 1. The summed E-state index contributed by atoms with van der Waals surface area (Å²) in [5.74, 6) is 0.705. The molecule has 2 heterocycles. The predicted octanol–water partition coefficient (Wildman–Crippen LogP) is 10.5. The second-order valence-corrected chi connectivity index (χ2v) is 11.5. The summed E-state index contributed by atoms with van der Waals surface area (Å²) in [5.41, 5.74) is 12.1. The van der Waals surface area contributed by atoms with Gasteiger partial charge in [-0.15, -0.1) is 0 Å². The Hall–Kier alpha value is -6.06. The molecule has 3 heteroatoms. The van der Waals surface area contributed by atoms with Crippen molar-refractivity contribution in [2.75, 3.05) is 6.54 Å². The van der Waals surface area contributed by atoms with Gasteiger partial charge in [-0.3, -0.25) is 0 Å². The van der Waals surface area contributed by atoms with Crippen molar-refractivity contribution in [3.63, 3.8) is 0 Å². The molecule has 0 saturated carbocycles. The van der Waals surface area contributed by atoms with E-state index in [-0.39, 0.29) is 0 Å². The standard InChI is InChI=1S/C43H31N3/c1-2-9-30(10-3-1)31-18-22-34(23-19-31)41-28-42(37-14-6-13-36(27-37)38-15-8-26-44-29-38)46-43(45-41)35-24-20-33(21-25-35)40-17-7-12-32-11-4-5-16-39(32)40/h1-28,44H,29H2. The van der Waals surface area contributed by atoms with Crippen LogP contribution in [-0.4, -0.2) is 16.5 Å². The molecular weight excluding hydrogens is 558 g/mol. The maximum absolute atomic E-state index is 5.14. The van der Waals surface area contributed by atoms with Crippen LogP contribution in [0.25, 0.3) is 72.5 Å². The largest absolute Gasteiger partial charge is 0.387 e. The van der Waals surface area contributed by atoms with Gasteiger partial charge in [0.1, 0.15) is 0 Å². The monoisotopic (exact) mass is 589 g/mol. The molecule has 0 spiro atoms. The number of fused-ring (bicyclic) bond motifs is 1. The summed E-state index contributed by atoms with van der Waals surface area (Å²) in [6.45, 7) is 0.803. The molecule has 3 nitrogen and oxygen atoms in total. The highest BCUT2D eigenvalue weighted by Crippen LogP contribution is 2.33. The van der Waals surface area contributed by atoms with Gasteiger partial charge < -0.3 is 5.32 Å². The lowest BCUT2D eigenvalue weighted by Crippen LogP contribution is -2.11. The number of nitrogens with zero attached hydrogens (tertiary/aromatic N) is 2. The van der Waals surface area contributed by atoms with E-state index in [1.54, 1.807) is 0 Å². The maximum Gasteiger partial charge on any atom is 0.160 e. The molecule has 1 aliphatic heterocycles. The number of allylic oxidation sites excluding steroid dienone is 2. The summed E-state index contributed by atoms with van der Waals surface area (Å²) in [7, 11) is 0. The molecule has 1 N–H and O–H groups in total. The Kier molecular flexibility index (Phi) is 7.26. The predicted molar refractivity (Wildman–Crippen MR) is 192 cm³/mol. The molecule has 6 aromatic carbocycles. The second kappa shape index (κ2) is 12.1. The van der Waals surface area contributed by atoms with Gasteiger partial charge in [0.2, 0.25) is 0 Å². The summed E-state index contributed by atoms with van der Waals surface area (Å²) in [6.07, 6.45) is 6.19. The number of nitrogens with one attached hydrogen (secondary N) is 1. The lowest BCUT2D eigenvalue weighted by molar-refractivity contribution is 0.986. The summed E-state index contributed by atoms with van der Waals surface area (Å²) in [6, 6.07) is 53.5. The molecule has 46 heavy (non-hydrogen) atoms. The molecule has 7 aromatic rings. The summed E-state index contributed by atoms with van der Waals surface area (Å²) in [5, 5.41) is 5.80. The van der Waals surface area contributed by atoms with E-state index in [0.29, 0.717) is 5.82 Å². The Balaban J connectivity index is 1.21. The minimum absolute atomic E-state index is 0.705. The van der Waals surface area contributed by atoms with E-state index >= 15 is 0 Å². The first-order chi connectivity index (χ1) is 22.8. The molecule has 1 aliphatic rings. The maximum atomic E-state index is 5.14. The van der Waals surface area contributed by atoms with Crippen LogP contribution in [-0.2, 0) is 0 Å². The van der Waals surface area contributed by atoms with E-state index in [9.17, 15) is 0 Å². The molecule has 0 saturated heterocycles. The zero-order chi connectivity index (χ0) is 30.7. The fourth-order valence-electron chi connectivity index (χ4n) is 6.15. The third-order valence-corrected chi connectivity index (χ3v) is 8.59. The first kappa shape index (κ1) is 27.5. The minimum atomic E-state index is 0.705. The Morgan fingerprint density at radius 1 is 0.457 bits per heavy atom. The van der Waals surface area contributed by atoms with Gasteiger partial charge in [0, 0.05) is 23.2 Å². The Labute approximate surface area is 269 Å². The summed E-state index contributed by atoms with van der Waals surface area (Å²) < 4.78 is 0. The number of aromatic nitrogens is 2. The van der Waals surface area contributed by atoms with Gasteiger partial charge >= 0.3 is 0 Å². The van der Waals surface area contributed by atoms with Gasteiger partial charge in [0.25, 0.3) is 0 Å².